The number of aromatic nitrogens is 4. The van der Waals surface area contributed by atoms with E-state index in [1.807, 2.05) is 12.1 Å². The van der Waals surface area contributed by atoms with Gasteiger partial charge in [-0.3, -0.25) is 9.20 Å². The number of hydrogen-bond acceptors (Lipinski definition) is 7. The molecule has 0 unspecified atom stereocenters. The largest absolute Gasteiger partial charge is 0.357 e. The lowest BCUT2D eigenvalue weighted by molar-refractivity contribution is 0.989. The molecule has 1 fully saturated rings. The zero-order valence-corrected chi connectivity index (χ0v) is 15.1. The van der Waals surface area contributed by atoms with Crippen LogP contribution in [0.15, 0.2) is 38.0 Å². The average molecular weight is 410 g/mol. The number of hydrogen-bond donors (Lipinski definition) is 1. The number of halogens is 1. The van der Waals surface area contributed by atoms with Gasteiger partial charge < -0.3 is 5.32 Å². The predicted octanol–water partition coefficient (Wildman–Crippen LogP) is 3.18. The minimum atomic E-state index is -0.0831. The molecule has 3 aromatic heterocycles. The third-order valence-electron chi connectivity index (χ3n) is 3.33. The molecule has 3 heterocycles. The molecule has 0 aromatic carbocycles. The molecule has 4 rings (SSSR count). The van der Waals surface area contributed by atoms with E-state index in [9.17, 15) is 4.79 Å². The number of rotatable bonds is 5. The quantitative estimate of drug-likeness (QED) is 0.652. The van der Waals surface area contributed by atoms with Gasteiger partial charge >= 0.3 is 0 Å². The highest BCUT2D eigenvalue weighted by molar-refractivity contribution is 9.10. The summed E-state index contributed by atoms with van der Waals surface area (Å²) in [5.74, 6) is 0.597. The zero-order valence-electron chi connectivity index (χ0n) is 11.9. The Labute approximate surface area is 148 Å². The van der Waals surface area contributed by atoms with E-state index in [0.29, 0.717) is 17.4 Å². The second kappa shape index (κ2) is 6.21. The van der Waals surface area contributed by atoms with Crippen molar-refractivity contribution < 1.29 is 0 Å². The predicted molar refractivity (Wildman–Crippen MR) is 95.3 cm³/mol. The summed E-state index contributed by atoms with van der Waals surface area (Å²) < 4.78 is 3.26. The van der Waals surface area contributed by atoms with Gasteiger partial charge in [-0.1, -0.05) is 23.1 Å². The molecule has 0 spiro atoms. The van der Waals surface area contributed by atoms with Crippen LogP contribution in [0.2, 0.25) is 0 Å². The lowest BCUT2D eigenvalue weighted by atomic mass is 10.4. The monoisotopic (exact) mass is 409 g/mol. The van der Waals surface area contributed by atoms with E-state index in [4.69, 9.17) is 0 Å². The van der Waals surface area contributed by atoms with Gasteiger partial charge in [0.05, 0.1) is 5.69 Å². The number of fused-ring (bicyclic) bond motifs is 1. The van der Waals surface area contributed by atoms with Crippen molar-refractivity contribution in [3.05, 3.63) is 44.9 Å². The molecule has 0 radical (unpaired) electrons. The zero-order chi connectivity index (χ0) is 15.8. The van der Waals surface area contributed by atoms with Crippen LogP contribution in [0.1, 0.15) is 18.5 Å². The Morgan fingerprint density at radius 1 is 1.39 bits per heavy atom. The molecule has 0 bridgehead atoms. The van der Waals surface area contributed by atoms with Crippen molar-refractivity contribution in [3.8, 4) is 0 Å². The van der Waals surface area contributed by atoms with E-state index in [-0.39, 0.29) is 5.56 Å². The van der Waals surface area contributed by atoms with Gasteiger partial charge in [0.25, 0.3) is 5.56 Å². The van der Waals surface area contributed by atoms with Crippen molar-refractivity contribution in [1.82, 2.24) is 19.6 Å². The van der Waals surface area contributed by atoms with E-state index in [2.05, 4.69) is 36.4 Å². The second-order valence-corrected chi connectivity index (χ2v) is 8.36. The Kier molecular flexibility index (Phi) is 4.08. The maximum atomic E-state index is 12.2. The summed E-state index contributed by atoms with van der Waals surface area (Å²) >= 11 is 6.45. The Hall–Kier alpha value is -1.45. The molecule has 1 aliphatic carbocycles. The van der Waals surface area contributed by atoms with E-state index >= 15 is 0 Å². The Morgan fingerprint density at radius 3 is 3.09 bits per heavy atom. The molecule has 0 saturated heterocycles. The van der Waals surface area contributed by atoms with Gasteiger partial charge in [0.15, 0.2) is 4.34 Å². The van der Waals surface area contributed by atoms with Gasteiger partial charge in [-0.2, -0.15) is 0 Å². The molecule has 0 aliphatic heterocycles. The lowest BCUT2D eigenvalue weighted by Crippen LogP contribution is -2.15. The summed E-state index contributed by atoms with van der Waals surface area (Å²) in [6.07, 6.45) is 4.15. The number of nitrogens with zero attached hydrogens (tertiary/aromatic N) is 4. The van der Waals surface area contributed by atoms with Crippen LogP contribution in [0.3, 0.4) is 0 Å². The maximum Gasteiger partial charge on any atom is 0.258 e. The molecule has 1 aliphatic rings. The fourth-order valence-corrected chi connectivity index (χ4v) is 4.12. The van der Waals surface area contributed by atoms with E-state index in [1.165, 1.54) is 17.2 Å². The van der Waals surface area contributed by atoms with Crippen LogP contribution in [0, 0.1) is 0 Å². The highest BCUT2D eigenvalue weighted by atomic mass is 79.9. The van der Waals surface area contributed by atoms with Crippen LogP contribution in [-0.4, -0.2) is 25.6 Å². The summed E-state index contributed by atoms with van der Waals surface area (Å²) in [6.45, 7) is 0. The average Bonchev–Trinajstić information content (AvgIpc) is 3.23. The van der Waals surface area contributed by atoms with Crippen molar-refractivity contribution in [2.75, 3.05) is 5.32 Å². The first-order chi connectivity index (χ1) is 11.2. The van der Waals surface area contributed by atoms with Crippen molar-refractivity contribution >= 4 is 49.8 Å². The normalized spacial score (nSPS) is 14.3. The fourth-order valence-electron chi connectivity index (χ4n) is 2.06. The van der Waals surface area contributed by atoms with Crippen molar-refractivity contribution in [3.63, 3.8) is 0 Å². The summed E-state index contributed by atoms with van der Waals surface area (Å²) in [6, 6.07) is 5.83. The van der Waals surface area contributed by atoms with Gasteiger partial charge in [0.2, 0.25) is 5.13 Å². The molecule has 1 N–H and O–H groups in total. The van der Waals surface area contributed by atoms with Crippen LogP contribution in [0.25, 0.3) is 5.65 Å². The molecule has 3 aromatic rings. The van der Waals surface area contributed by atoms with Crippen LogP contribution in [0.5, 0.6) is 0 Å². The van der Waals surface area contributed by atoms with E-state index < -0.39 is 0 Å². The summed E-state index contributed by atoms with van der Waals surface area (Å²) in [5.41, 5.74) is 1.30. The van der Waals surface area contributed by atoms with Crippen molar-refractivity contribution in [2.45, 2.75) is 29.0 Å². The number of anilines is 1. The van der Waals surface area contributed by atoms with Crippen LogP contribution in [0.4, 0.5) is 5.13 Å². The number of thioether (sulfide) groups is 1. The SMILES string of the molecule is O=c1cc(CSc2nnc(NC3CC3)s2)nc2ccc(Br)cn12. The van der Waals surface area contributed by atoms with Gasteiger partial charge in [-0.05, 0) is 40.9 Å². The van der Waals surface area contributed by atoms with E-state index in [0.717, 1.165) is 19.6 Å². The molecule has 118 valence electrons. The highest BCUT2D eigenvalue weighted by Gasteiger charge is 2.22. The summed E-state index contributed by atoms with van der Waals surface area (Å²) in [5, 5.41) is 12.5. The smallest absolute Gasteiger partial charge is 0.258 e. The van der Waals surface area contributed by atoms with Gasteiger partial charge in [0.1, 0.15) is 5.65 Å². The third-order valence-corrected chi connectivity index (χ3v) is 5.82. The van der Waals surface area contributed by atoms with E-state index in [1.54, 1.807) is 35.4 Å². The molecule has 0 atom stereocenters. The highest BCUT2D eigenvalue weighted by Crippen LogP contribution is 2.31. The van der Waals surface area contributed by atoms with Crippen molar-refractivity contribution in [1.29, 1.82) is 0 Å². The first-order valence-electron chi connectivity index (χ1n) is 7.08. The summed E-state index contributed by atoms with van der Waals surface area (Å²) in [7, 11) is 0. The fraction of sp³-hybridized carbons (Fsp3) is 0.286. The first kappa shape index (κ1) is 15.1. The molecular weight excluding hydrogens is 398 g/mol. The second-order valence-electron chi connectivity index (χ2n) is 5.24. The molecule has 6 nitrogen and oxygen atoms in total. The number of pyridine rings is 1. The molecular formula is C14H12BrN5OS2. The van der Waals surface area contributed by atoms with Crippen molar-refractivity contribution in [2.24, 2.45) is 0 Å². The van der Waals surface area contributed by atoms with Crippen LogP contribution >= 0.6 is 39.0 Å². The summed E-state index contributed by atoms with van der Waals surface area (Å²) in [4.78, 5) is 16.7. The van der Waals surface area contributed by atoms with Crippen LogP contribution < -0.4 is 10.9 Å². The topological polar surface area (TPSA) is 72.2 Å². The standard InChI is InChI=1S/C14H12BrN5OS2/c15-8-1-4-11-16-10(5-12(21)20(11)6-8)7-22-14-19-18-13(23-14)17-9-2-3-9/h1,4-6,9H,2-3,7H2,(H,17,18). The molecule has 1 saturated carbocycles. The Balaban J connectivity index is 1.50. The maximum absolute atomic E-state index is 12.2. The molecule has 23 heavy (non-hydrogen) atoms. The Bertz CT molecular complexity index is 921. The lowest BCUT2D eigenvalue weighted by Gasteiger charge is -2.03. The van der Waals surface area contributed by atoms with Gasteiger partial charge in [0, 0.05) is 28.5 Å². The Morgan fingerprint density at radius 2 is 2.26 bits per heavy atom. The minimum Gasteiger partial charge on any atom is -0.357 e. The third kappa shape index (κ3) is 3.56. The first-order valence-corrected chi connectivity index (χ1v) is 9.67. The van der Waals surface area contributed by atoms with Crippen LogP contribution in [-0.2, 0) is 5.75 Å². The minimum absolute atomic E-state index is 0.0831. The molecule has 9 heteroatoms. The van der Waals surface area contributed by atoms with Gasteiger partial charge in [-0.15, -0.1) is 10.2 Å². The van der Waals surface area contributed by atoms with Gasteiger partial charge in [-0.25, -0.2) is 4.98 Å². The number of nitrogens with one attached hydrogen (secondary N) is 1. The molecule has 0 amide bonds.